The number of fused-ring (bicyclic) bond motifs is 1. The first kappa shape index (κ1) is 15.7. The molecule has 6 heteroatoms. The third-order valence-electron chi connectivity index (χ3n) is 3.45. The number of halogens is 3. The van der Waals surface area contributed by atoms with Crippen LogP contribution in [0.4, 0.5) is 8.78 Å². The molecule has 1 heterocycles. The SMILES string of the molecule is O=C(NCCc1cc(F)cc(F)c1)c1cc2ccc(Br)cc2[nH]1. The molecule has 0 unspecified atom stereocenters. The Labute approximate surface area is 139 Å². The highest BCUT2D eigenvalue weighted by Crippen LogP contribution is 2.20. The van der Waals surface area contributed by atoms with Crippen molar-refractivity contribution in [1.82, 2.24) is 10.3 Å². The fraction of sp³-hybridized carbons (Fsp3) is 0.118. The van der Waals surface area contributed by atoms with Crippen molar-refractivity contribution in [1.29, 1.82) is 0 Å². The smallest absolute Gasteiger partial charge is 0.267 e. The van der Waals surface area contributed by atoms with Crippen LogP contribution in [-0.4, -0.2) is 17.4 Å². The van der Waals surface area contributed by atoms with Crippen molar-refractivity contribution in [3.8, 4) is 0 Å². The largest absolute Gasteiger partial charge is 0.350 e. The second kappa shape index (κ2) is 6.50. The zero-order chi connectivity index (χ0) is 16.4. The zero-order valence-electron chi connectivity index (χ0n) is 12.0. The normalized spacial score (nSPS) is 10.9. The minimum absolute atomic E-state index is 0.255. The third kappa shape index (κ3) is 3.76. The molecule has 0 atom stereocenters. The molecule has 0 aliphatic rings. The first-order chi connectivity index (χ1) is 11.0. The molecule has 2 aromatic carbocycles. The summed E-state index contributed by atoms with van der Waals surface area (Å²) in [5, 5.41) is 3.67. The summed E-state index contributed by atoms with van der Waals surface area (Å²) in [6.07, 6.45) is 0.353. The molecule has 2 N–H and O–H groups in total. The topological polar surface area (TPSA) is 44.9 Å². The average molecular weight is 379 g/mol. The van der Waals surface area contributed by atoms with Crippen LogP contribution in [0, 0.1) is 11.6 Å². The molecule has 1 amide bonds. The van der Waals surface area contributed by atoms with Crippen molar-refractivity contribution in [3.05, 3.63) is 69.8 Å². The molecule has 3 rings (SSSR count). The summed E-state index contributed by atoms with van der Waals surface area (Å²) >= 11 is 3.38. The van der Waals surface area contributed by atoms with Crippen LogP contribution in [0.2, 0.25) is 0 Å². The number of carbonyl (C=O) groups is 1. The van der Waals surface area contributed by atoms with Gasteiger partial charge in [0, 0.05) is 28.0 Å². The van der Waals surface area contributed by atoms with Gasteiger partial charge in [-0.05, 0) is 42.3 Å². The Hall–Kier alpha value is -2.21. The molecule has 0 aliphatic carbocycles. The number of hydrogen-bond donors (Lipinski definition) is 2. The van der Waals surface area contributed by atoms with Gasteiger partial charge in [0.2, 0.25) is 0 Å². The number of hydrogen-bond acceptors (Lipinski definition) is 1. The van der Waals surface area contributed by atoms with Crippen molar-refractivity contribution in [3.63, 3.8) is 0 Å². The Bertz CT molecular complexity index is 856. The van der Waals surface area contributed by atoms with Gasteiger partial charge in [-0.15, -0.1) is 0 Å². The number of rotatable bonds is 4. The van der Waals surface area contributed by atoms with E-state index < -0.39 is 11.6 Å². The number of amides is 1. The summed E-state index contributed by atoms with van der Waals surface area (Å²) in [4.78, 5) is 15.2. The fourth-order valence-electron chi connectivity index (χ4n) is 2.39. The van der Waals surface area contributed by atoms with E-state index in [1.54, 1.807) is 6.07 Å². The lowest BCUT2D eigenvalue weighted by atomic mass is 10.1. The van der Waals surface area contributed by atoms with E-state index in [2.05, 4.69) is 26.2 Å². The van der Waals surface area contributed by atoms with E-state index in [0.29, 0.717) is 24.2 Å². The monoisotopic (exact) mass is 378 g/mol. The van der Waals surface area contributed by atoms with Crippen molar-refractivity contribution in [2.24, 2.45) is 0 Å². The zero-order valence-corrected chi connectivity index (χ0v) is 13.6. The molecule has 1 aromatic heterocycles. The van der Waals surface area contributed by atoms with Crippen molar-refractivity contribution >= 4 is 32.7 Å². The Morgan fingerprint density at radius 3 is 2.57 bits per heavy atom. The lowest BCUT2D eigenvalue weighted by Crippen LogP contribution is -2.26. The first-order valence-electron chi connectivity index (χ1n) is 7.03. The molecule has 23 heavy (non-hydrogen) atoms. The maximum absolute atomic E-state index is 13.1. The van der Waals surface area contributed by atoms with E-state index in [1.165, 1.54) is 12.1 Å². The predicted octanol–water partition coefficient (Wildman–Crippen LogP) is 4.18. The number of aromatic amines is 1. The van der Waals surface area contributed by atoms with Gasteiger partial charge in [-0.3, -0.25) is 4.79 Å². The van der Waals surface area contributed by atoms with Crippen LogP contribution in [0.5, 0.6) is 0 Å². The number of carbonyl (C=O) groups excluding carboxylic acids is 1. The van der Waals surface area contributed by atoms with Crippen LogP contribution in [0.15, 0.2) is 46.9 Å². The standard InChI is InChI=1S/C17H13BrF2N2O/c18-12-2-1-11-7-16(22-15(11)8-12)17(23)21-4-3-10-5-13(19)9-14(20)6-10/h1-2,5-9,22H,3-4H2,(H,21,23). The average Bonchev–Trinajstić information content (AvgIpc) is 2.89. The van der Waals surface area contributed by atoms with E-state index in [1.807, 2.05) is 18.2 Å². The van der Waals surface area contributed by atoms with Gasteiger partial charge in [0.05, 0.1) is 0 Å². The summed E-state index contributed by atoms with van der Waals surface area (Å²) in [6.45, 7) is 0.292. The van der Waals surface area contributed by atoms with E-state index in [0.717, 1.165) is 21.4 Å². The second-order valence-corrected chi connectivity index (χ2v) is 6.11. The molecule has 0 saturated heterocycles. The number of benzene rings is 2. The molecule has 0 radical (unpaired) electrons. The number of H-pyrrole nitrogens is 1. The third-order valence-corrected chi connectivity index (χ3v) is 3.94. The summed E-state index contributed by atoms with van der Waals surface area (Å²) < 4.78 is 27.1. The van der Waals surface area contributed by atoms with Gasteiger partial charge in [-0.1, -0.05) is 22.0 Å². The van der Waals surface area contributed by atoms with Gasteiger partial charge in [-0.25, -0.2) is 8.78 Å². The summed E-state index contributed by atoms with van der Waals surface area (Å²) in [7, 11) is 0. The summed E-state index contributed by atoms with van der Waals surface area (Å²) in [5.74, 6) is -1.49. The van der Waals surface area contributed by atoms with Crippen LogP contribution < -0.4 is 5.32 Å². The molecule has 0 spiro atoms. The Morgan fingerprint density at radius 2 is 1.83 bits per heavy atom. The maximum Gasteiger partial charge on any atom is 0.267 e. The summed E-state index contributed by atoms with van der Waals surface area (Å²) in [6, 6.07) is 10.8. The van der Waals surface area contributed by atoms with E-state index in [4.69, 9.17) is 0 Å². The summed E-state index contributed by atoms with van der Waals surface area (Å²) in [5.41, 5.74) is 1.81. The maximum atomic E-state index is 13.1. The Morgan fingerprint density at radius 1 is 1.09 bits per heavy atom. The van der Waals surface area contributed by atoms with E-state index in [-0.39, 0.29) is 5.91 Å². The highest BCUT2D eigenvalue weighted by Gasteiger charge is 2.09. The van der Waals surface area contributed by atoms with Crippen molar-refractivity contribution in [2.75, 3.05) is 6.54 Å². The molecule has 0 bridgehead atoms. The van der Waals surface area contributed by atoms with Crippen molar-refractivity contribution in [2.45, 2.75) is 6.42 Å². The Kier molecular flexibility index (Phi) is 4.43. The molecule has 3 nitrogen and oxygen atoms in total. The highest BCUT2D eigenvalue weighted by atomic mass is 79.9. The van der Waals surface area contributed by atoms with E-state index >= 15 is 0 Å². The molecule has 0 saturated carbocycles. The van der Waals surface area contributed by atoms with Crippen LogP contribution in [0.1, 0.15) is 16.1 Å². The minimum Gasteiger partial charge on any atom is -0.350 e. The molecule has 118 valence electrons. The van der Waals surface area contributed by atoms with Gasteiger partial charge < -0.3 is 10.3 Å². The molecule has 0 aliphatic heterocycles. The lowest BCUT2D eigenvalue weighted by Gasteiger charge is -2.04. The minimum atomic E-state index is -0.618. The number of aromatic nitrogens is 1. The van der Waals surface area contributed by atoms with Crippen LogP contribution in [0.3, 0.4) is 0 Å². The van der Waals surface area contributed by atoms with Crippen LogP contribution >= 0.6 is 15.9 Å². The Balaban J connectivity index is 1.64. The molecular weight excluding hydrogens is 366 g/mol. The second-order valence-electron chi connectivity index (χ2n) is 5.20. The van der Waals surface area contributed by atoms with Gasteiger partial charge in [0.15, 0.2) is 0 Å². The van der Waals surface area contributed by atoms with Gasteiger partial charge in [0.25, 0.3) is 5.91 Å². The molecule has 3 aromatic rings. The van der Waals surface area contributed by atoms with Crippen LogP contribution in [0.25, 0.3) is 10.9 Å². The lowest BCUT2D eigenvalue weighted by molar-refractivity contribution is 0.0950. The van der Waals surface area contributed by atoms with Gasteiger partial charge in [-0.2, -0.15) is 0 Å². The highest BCUT2D eigenvalue weighted by molar-refractivity contribution is 9.10. The van der Waals surface area contributed by atoms with Crippen LogP contribution in [-0.2, 0) is 6.42 Å². The predicted molar refractivity (Wildman–Crippen MR) is 88.4 cm³/mol. The van der Waals surface area contributed by atoms with Gasteiger partial charge in [0.1, 0.15) is 17.3 Å². The van der Waals surface area contributed by atoms with Crippen molar-refractivity contribution < 1.29 is 13.6 Å². The fourth-order valence-corrected chi connectivity index (χ4v) is 2.75. The van der Waals surface area contributed by atoms with E-state index in [9.17, 15) is 13.6 Å². The molecule has 0 fully saturated rings. The molecular formula is C17H13BrF2N2O. The first-order valence-corrected chi connectivity index (χ1v) is 7.82. The van der Waals surface area contributed by atoms with Gasteiger partial charge >= 0.3 is 0 Å². The number of nitrogens with one attached hydrogen (secondary N) is 2. The quantitative estimate of drug-likeness (QED) is 0.702.